The molecule has 2 rings (SSSR count). The van der Waals surface area contributed by atoms with E-state index in [1.165, 1.54) is 0 Å². The topological polar surface area (TPSA) is 71.9 Å². The Balaban J connectivity index is 2.29. The molecule has 2 unspecified atom stereocenters. The molecule has 4 nitrogen and oxygen atoms in total. The van der Waals surface area contributed by atoms with E-state index >= 15 is 0 Å². The molecule has 2 N–H and O–H groups in total. The monoisotopic (exact) mass is 271 g/mol. The van der Waals surface area contributed by atoms with Gasteiger partial charge in [-0.25, -0.2) is 4.98 Å². The molecule has 0 radical (unpaired) electrons. The molecule has 1 heterocycles. The lowest BCUT2D eigenvalue weighted by Crippen LogP contribution is -2.34. The maximum Gasteiger partial charge on any atom is 0.433 e. The minimum Gasteiger partial charge on any atom is -0.472 e. The Morgan fingerprint density at radius 3 is 2.63 bits per heavy atom. The van der Waals surface area contributed by atoms with Crippen LogP contribution < -0.4 is 10.5 Å². The fraction of sp³-hybridized carbons (Fsp3) is 0.500. The summed E-state index contributed by atoms with van der Waals surface area (Å²) in [5, 5.41) is 8.87. The Morgan fingerprint density at radius 2 is 2.11 bits per heavy atom. The molecular weight excluding hydrogens is 259 g/mol. The van der Waals surface area contributed by atoms with Gasteiger partial charge in [-0.3, -0.25) is 0 Å². The van der Waals surface area contributed by atoms with Gasteiger partial charge in [0.1, 0.15) is 23.4 Å². The fourth-order valence-electron chi connectivity index (χ4n) is 2.02. The molecule has 0 amide bonds. The molecule has 0 bridgehead atoms. The second-order valence-corrected chi connectivity index (χ2v) is 4.41. The summed E-state index contributed by atoms with van der Waals surface area (Å²) in [4.78, 5) is 3.39. The molecule has 1 aliphatic carbocycles. The predicted octanol–water partition coefficient (Wildman–Crippen LogP) is 2.23. The van der Waals surface area contributed by atoms with Crippen LogP contribution in [0.15, 0.2) is 12.1 Å². The minimum absolute atomic E-state index is 0.0212. The van der Waals surface area contributed by atoms with Gasteiger partial charge in [0.2, 0.25) is 5.88 Å². The summed E-state index contributed by atoms with van der Waals surface area (Å²) in [7, 11) is 0. The van der Waals surface area contributed by atoms with Crippen molar-refractivity contribution in [2.75, 3.05) is 0 Å². The normalized spacial score (nSPS) is 23.1. The first-order valence-electron chi connectivity index (χ1n) is 5.82. The van der Waals surface area contributed by atoms with E-state index < -0.39 is 11.9 Å². The van der Waals surface area contributed by atoms with Crippen LogP contribution in [-0.2, 0) is 6.18 Å². The Bertz CT molecular complexity index is 510. The van der Waals surface area contributed by atoms with Crippen molar-refractivity contribution in [1.82, 2.24) is 4.98 Å². The van der Waals surface area contributed by atoms with E-state index in [1.807, 2.05) is 0 Å². The number of hydrogen-bond donors (Lipinski definition) is 1. The third-order valence-electron chi connectivity index (χ3n) is 3.04. The van der Waals surface area contributed by atoms with E-state index in [1.54, 1.807) is 6.07 Å². The highest BCUT2D eigenvalue weighted by Gasteiger charge is 2.34. The van der Waals surface area contributed by atoms with Crippen LogP contribution in [0.1, 0.15) is 30.5 Å². The lowest BCUT2D eigenvalue weighted by Gasteiger charge is -2.18. The molecule has 1 aromatic rings. The first-order valence-corrected chi connectivity index (χ1v) is 5.82. The molecule has 7 heteroatoms. The summed E-state index contributed by atoms with van der Waals surface area (Å²) in [6, 6.07) is 3.36. The maximum atomic E-state index is 12.6. The highest BCUT2D eigenvalue weighted by atomic mass is 19.4. The molecule has 1 fully saturated rings. The average Bonchev–Trinajstić information content (AvgIpc) is 2.74. The van der Waals surface area contributed by atoms with Crippen molar-refractivity contribution in [2.45, 2.75) is 37.6 Å². The fourth-order valence-corrected chi connectivity index (χ4v) is 2.02. The summed E-state index contributed by atoms with van der Waals surface area (Å²) < 4.78 is 43.1. The van der Waals surface area contributed by atoms with Crippen molar-refractivity contribution in [2.24, 2.45) is 5.73 Å². The Hall–Kier alpha value is -1.81. The van der Waals surface area contributed by atoms with E-state index in [4.69, 9.17) is 15.7 Å². The lowest BCUT2D eigenvalue weighted by atomic mass is 10.2. The Labute approximate surface area is 108 Å². The van der Waals surface area contributed by atoms with Gasteiger partial charge in [-0.05, 0) is 31.4 Å². The SMILES string of the molecule is N#Cc1ccc(C(F)(F)F)nc1OC1CCCC1N. The van der Waals surface area contributed by atoms with Crippen LogP contribution in [0, 0.1) is 11.3 Å². The third kappa shape index (κ3) is 2.96. The number of nitriles is 1. The highest BCUT2D eigenvalue weighted by molar-refractivity contribution is 5.39. The van der Waals surface area contributed by atoms with E-state index in [0.29, 0.717) is 6.42 Å². The molecular formula is C12H12F3N3O. The number of nitrogens with two attached hydrogens (primary N) is 1. The zero-order valence-corrected chi connectivity index (χ0v) is 9.94. The number of ether oxygens (including phenoxy) is 1. The lowest BCUT2D eigenvalue weighted by molar-refractivity contribution is -0.141. The average molecular weight is 271 g/mol. The van der Waals surface area contributed by atoms with E-state index in [9.17, 15) is 13.2 Å². The second kappa shape index (κ2) is 5.05. The van der Waals surface area contributed by atoms with Crippen LogP contribution >= 0.6 is 0 Å². The predicted molar refractivity (Wildman–Crippen MR) is 60.2 cm³/mol. The van der Waals surface area contributed by atoms with E-state index in [0.717, 1.165) is 25.0 Å². The van der Waals surface area contributed by atoms with Crippen molar-refractivity contribution in [3.63, 3.8) is 0 Å². The maximum absolute atomic E-state index is 12.6. The van der Waals surface area contributed by atoms with Gasteiger partial charge in [0.25, 0.3) is 0 Å². The second-order valence-electron chi connectivity index (χ2n) is 4.41. The van der Waals surface area contributed by atoms with Gasteiger partial charge in [0, 0.05) is 6.04 Å². The molecule has 1 saturated carbocycles. The first kappa shape index (κ1) is 13.6. The van der Waals surface area contributed by atoms with Crippen molar-refractivity contribution in [3.05, 3.63) is 23.4 Å². The van der Waals surface area contributed by atoms with Crippen LogP contribution in [0.2, 0.25) is 0 Å². The van der Waals surface area contributed by atoms with Crippen molar-refractivity contribution in [3.8, 4) is 11.9 Å². The minimum atomic E-state index is -4.57. The van der Waals surface area contributed by atoms with Gasteiger partial charge in [0.05, 0.1) is 0 Å². The summed E-state index contributed by atoms with van der Waals surface area (Å²) in [6.45, 7) is 0. The number of halogens is 3. The number of rotatable bonds is 2. The quantitative estimate of drug-likeness (QED) is 0.895. The van der Waals surface area contributed by atoms with E-state index in [2.05, 4.69) is 4.98 Å². The van der Waals surface area contributed by atoms with Gasteiger partial charge in [-0.2, -0.15) is 18.4 Å². The van der Waals surface area contributed by atoms with Gasteiger partial charge in [0.15, 0.2) is 0 Å². The standard InChI is InChI=1S/C12H12F3N3O/c13-12(14,15)10-5-4-7(6-16)11(18-10)19-9-3-1-2-8(9)17/h4-5,8-9H,1-3,17H2. The number of hydrogen-bond acceptors (Lipinski definition) is 4. The molecule has 19 heavy (non-hydrogen) atoms. The highest BCUT2D eigenvalue weighted by Crippen LogP contribution is 2.31. The number of aromatic nitrogens is 1. The van der Waals surface area contributed by atoms with Gasteiger partial charge < -0.3 is 10.5 Å². The molecule has 0 aliphatic heterocycles. The Morgan fingerprint density at radius 1 is 1.37 bits per heavy atom. The Kier molecular flexibility index (Phi) is 3.62. The van der Waals surface area contributed by atoms with Crippen LogP contribution in [0.4, 0.5) is 13.2 Å². The molecule has 102 valence electrons. The number of nitrogens with zero attached hydrogens (tertiary/aromatic N) is 2. The smallest absolute Gasteiger partial charge is 0.433 e. The molecule has 1 aromatic heterocycles. The van der Waals surface area contributed by atoms with E-state index in [-0.39, 0.29) is 23.6 Å². The zero-order valence-electron chi connectivity index (χ0n) is 9.94. The van der Waals surface area contributed by atoms with Crippen molar-refractivity contribution < 1.29 is 17.9 Å². The summed E-state index contributed by atoms with van der Waals surface area (Å²) in [5.41, 5.74) is 4.69. The van der Waals surface area contributed by atoms with Crippen LogP contribution in [0.25, 0.3) is 0 Å². The third-order valence-corrected chi connectivity index (χ3v) is 3.04. The summed E-state index contributed by atoms with van der Waals surface area (Å²) in [6.07, 6.45) is -2.69. The van der Waals surface area contributed by atoms with Crippen LogP contribution in [0.5, 0.6) is 5.88 Å². The molecule has 2 atom stereocenters. The summed E-state index contributed by atoms with van der Waals surface area (Å²) >= 11 is 0. The molecule has 1 aliphatic rings. The molecule has 0 aromatic carbocycles. The van der Waals surface area contributed by atoms with Crippen LogP contribution in [-0.4, -0.2) is 17.1 Å². The molecule has 0 spiro atoms. The largest absolute Gasteiger partial charge is 0.472 e. The van der Waals surface area contributed by atoms with Gasteiger partial charge in [-0.1, -0.05) is 0 Å². The van der Waals surface area contributed by atoms with Gasteiger partial charge >= 0.3 is 6.18 Å². The number of alkyl halides is 3. The zero-order chi connectivity index (χ0) is 14.0. The van der Waals surface area contributed by atoms with Crippen molar-refractivity contribution >= 4 is 0 Å². The van der Waals surface area contributed by atoms with Crippen LogP contribution in [0.3, 0.4) is 0 Å². The van der Waals surface area contributed by atoms with Gasteiger partial charge in [-0.15, -0.1) is 0 Å². The van der Waals surface area contributed by atoms with Crippen molar-refractivity contribution in [1.29, 1.82) is 5.26 Å². The first-order chi connectivity index (χ1) is 8.91. The summed E-state index contributed by atoms with van der Waals surface area (Å²) in [5.74, 6) is -0.292. The molecule has 0 saturated heterocycles. The number of pyridine rings is 1.